The summed E-state index contributed by atoms with van der Waals surface area (Å²) >= 11 is 0. The lowest BCUT2D eigenvalue weighted by molar-refractivity contribution is 0.0357. The van der Waals surface area contributed by atoms with Gasteiger partial charge in [-0.05, 0) is 60.1 Å². The molecule has 2 N–H and O–H groups in total. The lowest BCUT2D eigenvalue weighted by Gasteiger charge is -2.29. The number of rotatable bonds is 8. The predicted molar refractivity (Wildman–Crippen MR) is 120 cm³/mol. The molecule has 1 aromatic carbocycles. The predicted octanol–water partition coefficient (Wildman–Crippen LogP) is 3.69. The van der Waals surface area contributed by atoms with Gasteiger partial charge in [-0.3, -0.25) is 10.00 Å². The molecule has 2 fully saturated rings. The van der Waals surface area contributed by atoms with Crippen LogP contribution in [-0.4, -0.2) is 70.6 Å². The molecule has 5 rings (SSSR count). The topological polar surface area (TPSA) is 101 Å². The van der Waals surface area contributed by atoms with Gasteiger partial charge >= 0.3 is 5.97 Å². The van der Waals surface area contributed by atoms with Gasteiger partial charge in [0, 0.05) is 25.0 Å². The van der Waals surface area contributed by atoms with E-state index in [2.05, 4.69) is 26.1 Å². The molecule has 3 aromatic rings. The molecule has 8 nitrogen and oxygen atoms in total. The lowest BCUT2D eigenvalue weighted by atomic mass is 9.79. The normalized spacial score (nSPS) is 17.4. The van der Waals surface area contributed by atoms with E-state index in [0.717, 1.165) is 74.4 Å². The summed E-state index contributed by atoms with van der Waals surface area (Å²) in [5.74, 6) is 0.378. The van der Waals surface area contributed by atoms with Crippen molar-refractivity contribution < 1.29 is 19.4 Å². The van der Waals surface area contributed by atoms with Crippen molar-refractivity contribution in [3.8, 4) is 16.9 Å². The highest BCUT2D eigenvalue weighted by Crippen LogP contribution is 2.43. The minimum atomic E-state index is -1.05. The zero-order chi connectivity index (χ0) is 21.9. The van der Waals surface area contributed by atoms with Gasteiger partial charge in [-0.25, -0.2) is 9.78 Å². The molecule has 168 valence electrons. The van der Waals surface area contributed by atoms with Crippen molar-refractivity contribution in [2.45, 2.75) is 31.6 Å². The first-order chi connectivity index (χ1) is 15.7. The van der Waals surface area contributed by atoms with Crippen LogP contribution in [0.15, 0.2) is 30.5 Å². The number of ether oxygens (including phenoxy) is 2. The number of carbonyl (C=O) groups is 1. The molecule has 0 amide bonds. The zero-order valence-electron chi connectivity index (χ0n) is 18.0. The number of hydrogen-bond donors (Lipinski definition) is 2. The van der Waals surface area contributed by atoms with Gasteiger partial charge in [-0.15, -0.1) is 0 Å². The number of morpholine rings is 1. The van der Waals surface area contributed by atoms with Crippen molar-refractivity contribution >= 4 is 17.0 Å². The van der Waals surface area contributed by atoms with Gasteiger partial charge in [0.1, 0.15) is 5.75 Å². The number of benzene rings is 1. The largest absolute Gasteiger partial charge is 0.493 e. The maximum atomic E-state index is 11.6. The number of carboxylic acids is 1. The van der Waals surface area contributed by atoms with Crippen LogP contribution in [0.2, 0.25) is 0 Å². The number of nitrogens with one attached hydrogen (secondary N) is 1. The van der Waals surface area contributed by atoms with E-state index in [1.165, 1.54) is 12.0 Å². The molecule has 0 unspecified atom stereocenters. The van der Waals surface area contributed by atoms with Gasteiger partial charge in [0.15, 0.2) is 11.3 Å². The van der Waals surface area contributed by atoms with E-state index >= 15 is 0 Å². The number of pyridine rings is 1. The van der Waals surface area contributed by atoms with Gasteiger partial charge < -0.3 is 14.6 Å². The van der Waals surface area contributed by atoms with E-state index in [1.54, 1.807) is 12.3 Å². The summed E-state index contributed by atoms with van der Waals surface area (Å²) in [6.07, 6.45) is 6.23. The van der Waals surface area contributed by atoms with Gasteiger partial charge in [0.2, 0.25) is 0 Å². The molecule has 0 atom stereocenters. The first-order valence-electron chi connectivity index (χ1n) is 11.3. The summed E-state index contributed by atoms with van der Waals surface area (Å²) in [6.45, 7) is 5.32. The van der Waals surface area contributed by atoms with Crippen molar-refractivity contribution in [3.05, 3.63) is 41.7 Å². The van der Waals surface area contributed by atoms with Crippen LogP contribution >= 0.6 is 0 Å². The summed E-state index contributed by atoms with van der Waals surface area (Å²) in [5, 5.41) is 17.1. The summed E-state index contributed by atoms with van der Waals surface area (Å²) in [6, 6.07) is 7.83. The molecular formula is C24H28N4O4. The number of H-pyrrole nitrogens is 1. The minimum Gasteiger partial charge on any atom is -0.493 e. The van der Waals surface area contributed by atoms with E-state index in [9.17, 15) is 9.90 Å². The van der Waals surface area contributed by atoms with Gasteiger partial charge in [0.25, 0.3) is 0 Å². The highest BCUT2D eigenvalue weighted by Gasteiger charge is 2.24. The van der Waals surface area contributed by atoms with Crippen LogP contribution in [0.5, 0.6) is 5.75 Å². The molecule has 1 aliphatic carbocycles. The fourth-order valence-electron chi connectivity index (χ4n) is 4.46. The maximum absolute atomic E-state index is 11.6. The van der Waals surface area contributed by atoms with Crippen molar-refractivity contribution in [3.63, 3.8) is 0 Å². The smallest absolute Gasteiger partial charge is 0.354 e. The average Bonchev–Trinajstić information content (AvgIpc) is 3.25. The van der Waals surface area contributed by atoms with E-state index in [-0.39, 0.29) is 5.69 Å². The number of nitrogens with zero attached hydrogens (tertiary/aromatic N) is 3. The maximum Gasteiger partial charge on any atom is 0.354 e. The number of carboxylic acid groups (broad SMARTS) is 1. The van der Waals surface area contributed by atoms with E-state index in [0.29, 0.717) is 18.2 Å². The van der Waals surface area contributed by atoms with Gasteiger partial charge in [-0.1, -0.05) is 12.5 Å². The highest BCUT2D eigenvalue weighted by atomic mass is 16.5. The molecule has 3 heterocycles. The van der Waals surface area contributed by atoms with Crippen LogP contribution < -0.4 is 4.74 Å². The second kappa shape index (κ2) is 9.26. The second-order valence-corrected chi connectivity index (χ2v) is 8.53. The molecule has 0 bridgehead atoms. The fourth-order valence-corrected chi connectivity index (χ4v) is 4.46. The molecule has 0 radical (unpaired) electrons. The molecule has 32 heavy (non-hydrogen) atoms. The number of fused-ring (bicyclic) bond motifs is 1. The fraction of sp³-hybridized carbons (Fsp3) is 0.458. The van der Waals surface area contributed by atoms with Crippen molar-refractivity contribution in [2.75, 3.05) is 39.5 Å². The minimum absolute atomic E-state index is 0.00498. The first kappa shape index (κ1) is 20.9. The third-order valence-corrected chi connectivity index (χ3v) is 6.49. The molecule has 1 aliphatic heterocycles. The Morgan fingerprint density at radius 2 is 2.09 bits per heavy atom. The Bertz CT molecular complexity index is 1100. The van der Waals surface area contributed by atoms with E-state index < -0.39 is 5.97 Å². The Kier molecular flexibility index (Phi) is 6.05. The molecule has 2 aliphatic rings. The van der Waals surface area contributed by atoms with E-state index in [1.807, 2.05) is 12.1 Å². The quantitative estimate of drug-likeness (QED) is 0.519. The SMILES string of the molecule is O=C(O)c1cc(-c2ccc(OCCCN3CCOCC3)c(C3CCC3)c2)c2cn[nH]c2n1. The van der Waals surface area contributed by atoms with Crippen LogP contribution in [-0.2, 0) is 4.74 Å². The summed E-state index contributed by atoms with van der Waals surface area (Å²) in [4.78, 5) is 18.1. The summed E-state index contributed by atoms with van der Waals surface area (Å²) < 4.78 is 11.6. The van der Waals surface area contributed by atoms with Crippen molar-refractivity contribution in [1.29, 1.82) is 0 Å². The summed E-state index contributed by atoms with van der Waals surface area (Å²) in [5.41, 5.74) is 3.48. The third kappa shape index (κ3) is 4.33. The zero-order valence-corrected chi connectivity index (χ0v) is 18.0. The Morgan fingerprint density at radius 1 is 1.25 bits per heavy atom. The molecule has 0 spiro atoms. The monoisotopic (exact) mass is 436 g/mol. The van der Waals surface area contributed by atoms with Crippen LogP contribution in [0.4, 0.5) is 0 Å². The van der Waals surface area contributed by atoms with Crippen LogP contribution in [0.25, 0.3) is 22.2 Å². The number of aromatic amines is 1. The Balaban J connectivity index is 1.38. The lowest BCUT2D eigenvalue weighted by Crippen LogP contribution is -2.37. The summed E-state index contributed by atoms with van der Waals surface area (Å²) in [7, 11) is 0. The molecule has 2 aromatic heterocycles. The molecule has 1 saturated heterocycles. The Morgan fingerprint density at radius 3 is 2.84 bits per heavy atom. The standard InChI is InChI=1S/C24H28N4O4/c29-24(30)21-14-18(20-15-25-27-23(20)26-21)17-5-6-22(19(13-17)16-3-1-4-16)32-10-2-7-28-8-11-31-12-9-28/h5-6,13-16H,1-4,7-12H2,(H,29,30)(H,25,26,27). The number of aromatic nitrogens is 3. The Labute approximate surface area is 186 Å². The highest BCUT2D eigenvalue weighted by molar-refractivity contribution is 5.97. The van der Waals surface area contributed by atoms with E-state index in [4.69, 9.17) is 9.47 Å². The van der Waals surface area contributed by atoms with Crippen LogP contribution in [0.3, 0.4) is 0 Å². The average molecular weight is 437 g/mol. The first-order valence-corrected chi connectivity index (χ1v) is 11.3. The van der Waals surface area contributed by atoms with Gasteiger partial charge in [0.05, 0.1) is 26.0 Å². The second-order valence-electron chi connectivity index (χ2n) is 8.53. The molecule has 8 heteroatoms. The van der Waals surface area contributed by atoms with Crippen LogP contribution in [0.1, 0.15) is 47.7 Å². The Hall–Kier alpha value is -2.97. The number of hydrogen-bond acceptors (Lipinski definition) is 6. The van der Waals surface area contributed by atoms with Crippen LogP contribution in [0, 0.1) is 0 Å². The van der Waals surface area contributed by atoms with Crippen molar-refractivity contribution in [1.82, 2.24) is 20.1 Å². The molecule has 1 saturated carbocycles. The number of aromatic carboxylic acids is 1. The molecular weight excluding hydrogens is 408 g/mol. The van der Waals surface area contributed by atoms with Gasteiger partial charge in [-0.2, -0.15) is 5.10 Å². The van der Waals surface area contributed by atoms with Crippen molar-refractivity contribution in [2.24, 2.45) is 0 Å². The third-order valence-electron chi connectivity index (χ3n) is 6.49.